The number of rotatable bonds is 2. The summed E-state index contributed by atoms with van der Waals surface area (Å²) >= 11 is 0. The van der Waals surface area contributed by atoms with E-state index in [1.165, 1.54) is 25.7 Å². The molecule has 0 aromatic carbocycles. The van der Waals surface area contributed by atoms with Crippen molar-refractivity contribution >= 4 is 5.82 Å². The Morgan fingerprint density at radius 3 is 2.67 bits per heavy atom. The van der Waals surface area contributed by atoms with Gasteiger partial charge < -0.3 is 5.32 Å². The largest absolute Gasteiger partial charge is 0.366 e. The van der Waals surface area contributed by atoms with Gasteiger partial charge in [-0.15, -0.1) is 5.10 Å². The van der Waals surface area contributed by atoms with Gasteiger partial charge in [-0.05, 0) is 37.8 Å². The fourth-order valence-electron chi connectivity index (χ4n) is 2.20. The molecular formula is C12H19N3. The van der Waals surface area contributed by atoms with Gasteiger partial charge in [0.15, 0.2) is 0 Å². The molecule has 1 aromatic rings. The highest BCUT2D eigenvalue weighted by atomic mass is 15.2. The lowest BCUT2D eigenvalue weighted by Crippen LogP contribution is -2.30. The Morgan fingerprint density at radius 2 is 2.00 bits per heavy atom. The number of hydrogen-bond acceptors (Lipinski definition) is 3. The van der Waals surface area contributed by atoms with Crippen LogP contribution in [-0.4, -0.2) is 16.2 Å². The third-order valence-corrected chi connectivity index (χ3v) is 3.24. The van der Waals surface area contributed by atoms with Crippen LogP contribution in [0.1, 0.15) is 38.3 Å². The van der Waals surface area contributed by atoms with Crippen molar-refractivity contribution < 1.29 is 0 Å². The maximum atomic E-state index is 4.15. The van der Waals surface area contributed by atoms with Crippen LogP contribution in [0, 0.1) is 12.8 Å². The van der Waals surface area contributed by atoms with E-state index in [4.69, 9.17) is 0 Å². The Bertz CT molecular complexity index is 307. The molecule has 3 nitrogen and oxygen atoms in total. The predicted octanol–water partition coefficient (Wildman–Crippen LogP) is 2.78. The molecule has 82 valence electrons. The Morgan fingerprint density at radius 1 is 1.20 bits per heavy atom. The standard InChI is InChI=1S/C12H19N3/c1-9-5-3-4-6-11(9)13-12-8-7-10(2)14-15-12/h7-9,11H,3-6H2,1-2H3,(H,13,15). The lowest BCUT2D eigenvalue weighted by Gasteiger charge is -2.29. The van der Waals surface area contributed by atoms with Crippen LogP contribution < -0.4 is 5.32 Å². The quantitative estimate of drug-likeness (QED) is 0.806. The molecule has 1 fully saturated rings. The molecule has 1 aromatic heterocycles. The van der Waals surface area contributed by atoms with Crippen LogP contribution in [-0.2, 0) is 0 Å². The normalized spacial score (nSPS) is 26.3. The van der Waals surface area contributed by atoms with Crippen LogP contribution in [0.2, 0.25) is 0 Å². The van der Waals surface area contributed by atoms with E-state index in [1.54, 1.807) is 0 Å². The van der Waals surface area contributed by atoms with Gasteiger partial charge in [-0.3, -0.25) is 0 Å². The van der Waals surface area contributed by atoms with Gasteiger partial charge in [-0.1, -0.05) is 19.8 Å². The first-order valence-corrected chi connectivity index (χ1v) is 5.82. The van der Waals surface area contributed by atoms with Crippen LogP contribution in [0.3, 0.4) is 0 Å². The van der Waals surface area contributed by atoms with Crippen LogP contribution in [0.15, 0.2) is 12.1 Å². The van der Waals surface area contributed by atoms with E-state index >= 15 is 0 Å². The zero-order chi connectivity index (χ0) is 10.7. The minimum atomic E-state index is 0.579. The Kier molecular flexibility index (Phi) is 3.19. The fraction of sp³-hybridized carbons (Fsp3) is 0.667. The summed E-state index contributed by atoms with van der Waals surface area (Å²) in [6.07, 6.45) is 5.30. The highest BCUT2D eigenvalue weighted by Crippen LogP contribution is 2.25. The van der Waals surface area contributed by atoms with E-state index < -0.39 is 0 Å². The van der Waals surface area contributed by atoms with E-state index in [2.05, 4.69) is 22.4 Å². The molecule has 0 spiro atoms. The van der Waals surface area contributed by atoms with Crippen molar-refractivity contribution in [3.8, 4) is 0 Å². The van der Waals surface area contributed by atoms with Gasteiger partial charge in [-0.25, -0.2) is 0 Å². The van der Waals surface area contributed by atoms with Crippen molar-refractivity contribution in [1.29, 1.82) is 0 Å². The second-order valence-electron chi connectivity index (χ2n) is 4.57. The summed E-state index contributed by atoms with van der Waals surface area (Å²) in [7, 11) is 0. The van der Waals surface area contributed by atoms with Crippen molar-refractivity contribution in [2.24, 2.45) is 5.92 Å². The Balaban J connectivity index is 1.98. The highest BCUT2D eigenvalue weighted by Gasteiger charge is 2.21. The van der Waals surface area contributed by atoms with Gasteiger partial charge in [0.2, 0.25) is 0 Å². The fourth-order valence-corrected chi connectivity index (χ4v) is 2.20. The van der Waals surface area contributed by atoms with Gasteiger partial charge in [0, 0.05) is 6.04 Å². The SMILES string of the molecule is Cc1ccc(NC2CCCCC2C)nn1. The molecule has 0 bridgehead atoms. The lowest BCUT2D eigenvalue weighted by atomic mass is 9.86. The summed E-state index contributed by atoms with van der Waals surface area (Å²) in [6, 6.07) is 4.60. The number of aromatic nitrogens is 2. The highest BCUT2D eigenvalue weighted by molar-refractivity contribution is 5.34. The van der Waals surface area contributed by atoms with Gasteiger partial charge in [0.25, 0.3) is 0 Å². The summed E-state index contributed by atoms with van der Waals surface area (Å²) < 4.78 is 0. The summed E-state index contributed by atoms with van der Waals surface area (Å²) in [5, 5.41) is 11.7. The number of nitrogens with zero attached hydrogens (tertiary/aromatic N) is 2. The van der Waals surface area contributed by atoms with E-state index in [1.807, 2.05) is 19.1 Å². The first-order valence-electron chi connectivity index (χ1n) is 5.82. The molecule has 1 saturated carbocycles. The van der Waals surface area contributed by atoms with Crippen molar-refractivity contribution in [2.45, 2.75) is 45.6 Å². The molecule has 1 aliphatic rings. The van der Waals surface area contributed by atoms with Crippen LogP contribution in [0.5, 0.6) is 0 Å². The van der Waals surface area contributed by atoms with Crippen LogP contribution >= 0.6 is 0 Å². The van der Waals surface area contributed by atoms with Crippen LogP contribution in [0.4, 0.5) is 5.82 Å². The first-order chi connectivity index (χ1) is 7.25. The van der Waals surface area contributed by atoms with Gasteiger partial charge in [0.1, 0.15) is 5.82 Å². The summed E-state index contributed by atoms with van der Waals surface area (Å²) in [5.41, 5.74) is 0.970. The molecular weight excluding hydrogens is 186 g/mol. The second kappa shape index (κ2) is 4.60. The minimum absolute atomic E-state index is 0.579. The van der Waals surface area contributed by atoms with Gasteiger partial charge in [-0.2, -0.15) is 5.10 Å². The zero-order valence-corrected chi connectivity index (χ0v) is 9.53. The second-order valence-corrected chi connectivity index (χ2v) is 4.57. The molecule has 0 saturated heterocycles. The van der Waals surface area contributed by atoms with E-state index in [9.17, 15) is 0 Å². The topological polar surface area (TPSA) is 37.8 Å². The maximum absolute atomic E-state index is 4.15. The van der Waals surface area contributed by atoms with Crippen LogP contribution in [0.25, 0.3) is 0 Å². The number of aryl methyl sites for hydroxylation is 1. The first kappa shape index (κ1) is 10.4. The third kappa shape index (κ3) is 2.67. The summed E-state index contributed by atoms with van der Waals surface area (Å²) in [5.74, 6) is 1.67. The molecule has 1 heterocycles. The van der Waals surface area contributed by atoms with Crippen molar-refractivity contribution in [3.63, 3.8) is 0 Å². The van der Waals surface area contributed by atoms with E-state index in [0.29, 0.717) is 6.04 Å². The average molecular weight is 205 g/mol. The summed E-state index contributed by atoms with van der Waals surface area (Å²) in [6.45, 7) is 4.28. The molecule has 0 amide bonds. The molecule has 1 N–H and O–H groups in total. The molecule has 15 heavy (non-hydrogen) atoms. The Hall–Kier alpha value is -1.12. The molecule has 1 aliphatic carbocycles. The smallest absolute Gasteiger partial charge is 0.148 e. The van der Waals surface area contributed by atoms with Crippen molar-refractivity contribution in [2.75, 3.05) is 5.32 Å². The van der Waals surface area contributed by atoms with Crippen molar-refractivity contribution in [3.05, 3.63) is 17.8 Å². The molecule has 2 rings (SSSR count). The van der Waals surface area contributed by atoms with E-state index in [0.717, 1.165) is 17.4 Å². The number of hydrogen-bond donors (Lipinski definition) is 1. The minimum Gasteiger partial charge on any atom is -0.366 e. The molecule has 2 atom stereocenters. The van der Waals surface area contributed by atoms with Crippen molar-refractivity contribution in [1.82, 2.24) is 10.2 Å². The Labute approximate surface area is 91.3 Å². The summed E-state index contributed by atoms with van der Waals surface area (Å²) in [4.78, 5) is 0. The predicted molar refractivity (Wildman–Crippen MR) is 61.8 cm³/mol. The lowest BCUT2D eigenvalue weighted by molar-refractivity contribution is 0.349. The molecule has 0 aliphatic heterocycles. The van der Waals surface area contributed by atoms with Gasteiger partial charge >= 0.3 is 0 Å². The monoisotopic (exact) mass is 205 g/mol. The third-order valence-electron chi connectivity index (χ3n) is 3.24. The maximum Gasteiger partial charge on any atom is 0.148 e. The number of nitrogens with one attached hydrogen (secondary N) is 1. The molecule has 0 radical (unpaired) electrons. The van der Waals surface area contributed by atoms with E-state index in [-0.39, 0.29) is 0 Å². The zero-order valence-electron chi connectivity index (χ0n) is 9.53. The van der Waals surface area contributed by atoms with Gasteiger partial charge in [0.05, 0.1) is 5.69 Å². The number of anilines is 1. The average Bonchev–Trinajstić information content (AvgIpc) is 2.25. The molecule has 3 heteroatoms. The molecule has 2 unspecified atom stereocenters.